The Balaban J connectivity index is 2.49. The molecule has 1 unspecified atom stereocenters. The zero-order chi connectivity index (χ0) is 6.85. The predicted octanol–water partition coefficient (Wildman–Crippen LogP) is -0.0754. The normalized spacial score (nSPS) is 28.8. The first-order valence-corrected chi connectivity index (χ1v) is 2.90. The van der Waals surface area contributed by atoms with Crippen molar-refractivity contribution in [2.45, 2.75) is 18.9 Å². The topological polar surface area (TPSA) is 60.8 Å². The summed E-state index contributed by atoms with van der Waals surface area (Å²) in [6, 6.07) is -0.662. The van der Waals surface area contributed by atoms with E-state index in [1.807, 2.05) is 0 Å². The molecule has 0 radical (unpaired) electrons. The van der Waals surface area contributed by atoms with E-state index in [1.54, 1.807) is 0 Å². The van der Waals surface area contributed by atoms with E-state index in [2.05, 4.69) is 0 Å². The molecule has 1 heterocycles. The van der Waals surface area contributed by atoms with E-state index in [-0.39, 0.29) is 0 Å². The fourth-order valence-corrected chi connectivity index (χ4v) is 1.00. The standard InChI is InChI=1S/C5H9NO3/c7-5(8)4-2-1-3-6(4)9/h4,9H,1-3H2,(H,7,8). The zero-order valence-corrected chi connectivity index (χ0v) is 4.95. The van der Waals surface area contributed by atoms with Crippen molar-refractivity contribution in [1.82, 2.24) is 5.06 Å². The summed E-state index contributed by atoms with van der Waals surface area (Å²) in [5.74, 6) is -0.935. The number of aliphatic carboxylic acids is 1. The van der Waals surface area contributed by atoms with Crippen LogP contribution in [0.1, 0.15) is 12.8 Å². The summed E-state index contributed by atoms with van der Waals surface area (Å²) in [6.07, 6.45) is 1.33. The minimum atomic E-state index is -0.935. The first kappa shape index (κ1) is 6.51. The number of nitrogens with zero attached hydrogens (tertiary/aromatic N) is 1. The van der Waals surface area contributed by atoms with E-state index < -0.39 is 12.0 Å². The van der Waals surface area contributed by atoms with Gasteiger partial charge in [-0.2, -0.15) is 5.06 Å². The summed E-state index contributed by atoms with van der Waals surface area (Å²) in [4.78, 5) is 10.2. The van der Waals surface area contributed by atoms with E-state index in [0.29, 0.717) is 13.0 Å². The highest BCUT2D eigenvalue weighted by atomic mass is 16.5. The van der Waals surface area contributed by atoms with Crippen LogP contribution in [0.15, 0.2) is 0 Å². The molecule has 2 N–H and O–H groups in total. The van der Waals surface area contributed by atoms with E-state index >= 15 is 0 Å². The summed E-state index contributed by atoms with van der Waals surface area (Å²) < 4.78 is 0. The van der Waals surface area contributed by atoms with Crippen molar-refractivity contribution in [2.75, 3.05) is 6.54 Å². The van der Waals surface area contributed by atoms with E-state index in [9.17, 15) is 4.79 Å². The van der Waals surface area contributed by atoms with Crippen LogP contribution >= 0.6 is 0 Å². The molecule has 0 aromatic rings. The monoisotopic (exact) mass is 131 g/mol. The number of rotatable bonds is 1. The highest BCUT2D eigenvalue weighted by Gasteiger charge is 2.28. The van der Waals surface area contributed by atoms with Gasteiger partial charge in [-0.3, -0.25) is 4.79 Å². The molecule has 4 nitrogen and oxygen atoms in total. The van der Waals surface area contributed by atoms with Gasteiger partial charge in [0.15, 0.2) is 0 Å². The largest absolute Gasteiger partial charge is 0.480 e. The van der Waals surface area contributed by atoms with Gasteiger partial charge in [0.2, 0.25) is 0 Å². The second-order valence-electron chi connectivity index (χ2n) is 2.16. The molecule has 1 fully saturated rings. The zero-order valence-electron chi connectivity index (χ0n) is 4.95. The number of hydrogen-bond acceptors (Lipinski definition) is 3. The molecule has 0 aliphatic carbocycles. The van der Waals surface area contributed by atoms with Crippen molar-refractivity contribution >= 4 is 5.97 Å². The Morgan fingerprint density at radius 1 is 1.67 bits per heavy atom. The fourth-order valence-electron chi connectivity index (χ4n) is 1.00. The average molecular weight is 131 g/mol. The van der Waals surface area contributed by atoms with Crippen LogP contribution in [0.4, 0.5) is 0 Å². The Kier molecular flexibility index (Phi) is 1.68. The van der Waals surface area contributed by atoms with Crippen molar-refractivity contribution in [2.24, 2.45) is 0 Å². The third kappa shape index (κ3) is 1.20. The maximum Gasteiger partial charge on any atom is 0.323 e. The third-order valence-electron chi connectivity index (χ3n) is 1.51. The molecular formula is C5H9NO3. The molecule has 1 atom stereocenters. The Bertz CT molecular complexity index is 125. The summed E-state index contributed by atoms with van der Waals surface area (Å²) in [6.45, 7) is 0.483. The number of carboxylic acid groups (broad SMARTS) is 1. The van der Waals surface area contributed by atoms with Gasteiger partial charge in [0.1, 0.15) is 6.04 Å². The van der Waals surface area contributed by atoms with Crippen LogP contribution in [0, 0.1) is 0 Å². The van der Waals surface area contributed by atoms with E-state index in [1.165, 1.54) is 0 Å². The van der Waals surface area contributed by atoms with E-state index in [0.717, 1.165) is 11.5 Å². The highest BCUT2D eigenvalue weighted by molar-refractivity contribution is 5.73. The first-order chi connectivity index (χ1) is 4.22. The maximum absolute atomic E-state index is 10.2. The second kappa shape index (κ2) is 2.33. The van der Waals surface area contributed by atoms with Crippen molar-refractivity contribution in [1.29, 1.82) is 0 Å². The summed E-state index contributed by atoms with van der Waals surface area (Å²) in [5, 5.41) is 18.1. The smallest absolute Gasteiger partial charge is 0.323 e. The molecule has 1 aliphatic heterocycles. The summed E-state index contributed by atoms with van der Waals surface area (Å²) >= 11 is 0. The van der Waals surface area contributed by atoms with E-state index in [4.69, 9.17) is 10.3 Å². The van der Waals surface area contributed by atoms with Crippen LogP contribution in [-0.4, -0.2) is 33.9 Å². The molecular weight excluding hydrogens is 122 g/mol. The fraction of sp³-hybridized carbons (Fsp3) is 0.800. The Labute approximate surface area is 52.7 Å². The molecule has 0 aromatic carbocycles. The molecule has 0 amide bonds. The number of hydroxylamine groups is 2. The lowest BCUT2D eigenvalue weighted by Gasteiger charge is -2.11. The minimum Gasteiger partial charge on any atom is -0.480 e. The van der Waals surface area contributed by atoms with Gasteiger partial charge in [0, 0.05) is 6.54 Å². The minimum absolute atomic E-state index is 0.483. The van der Waals surface area contributed by atoms with Crippen molar-refractivity contribution in [3.63, 3.8) is 0 Å². The molecule has 1 aliphatic rings. The van der Waals surface area contributed by atoms with Gasteiger partial charge in [-0.25, -0.2) is 0 Å². The molecule has 0 aromatic heterocycles. The van der Waals surface area contributed by atoms with Crippen molar-refractivity contribution < 1.29 is 15.1 Å². The number of carboxylic acids is 1. The van der Waals surface area contributed by atoms with Crippen molar-refractivity contribution in [3.8, 4) is 0 Å². The lowest BCUT2D eigenvalue weighted by Crippen LogP contribution is -2.32. The quantitative estimate of drug-likeness (QED) is 0.522. The van der Waals surface area contributed by atoms with Crippen molar-refractivity contribution in [3.05, 3.63) is 0 Å². The lowest BCUT2D eigenvalue weighted by molar-refractivity contribution is -0.160. The third-order valence-corrected chi connectivity index (χ3v) is 1.51. The van der Waals surface area contributed by atoms with Crippen LogP contribution in [0.3, 0.4) is 0 Å². The van der Waals surface area contributed by atoms with Crippen LogP contribution in [0.2, 0.25) is 0 Å². The predicted molar refractivity (Wildman–Crippen MR) is 29.2 cm³/mol. The molecule has 1 saturated heterocycles. The van der Waals surface area contributed by atoms with Gasteiger partial charge >= 0.3 is 5.97 Å². The van der Waals surface area contributed by atoms with Crippen LogP contribution < -0.4 is 0 Å². The van der Waals surface area contributed by atoms with Gasteiger partial charge < -0.3 is 10.3 Å². The second-order valence-corrected chi connectivity index (χ2v) is 2.16. The Hall–Kier alpha value is -0.610. The SMILES string of the molecule is O=C(O)C1CCCN1O. The van der Waals surface area contributed by atoms with Gasteiger partial charge in [0.25, 0.3) is 0 Å². The number of hydrogen-bond donors (Lipinski definition) is 2. The van der Waals surface area contributed by atoms with Gasteiger partial charge in [-0.05, 0) is 12.8 Å². The molecule has 1 rings (SSSR count). The molecule has 0 spiro atoms. The molecule has 52 valence electrons. The maximum atomic E-state index is 10.2. The van der Waals surface area contributed by atoms with Gasteiger partial charge in [-0.1, -0.05) is 0 Å². The van der Waals surface area contributed by atoms with Gasteiger partial charge in [-0.15, -0.1) is 0 Å². The highest BCUT2D eigenvalue weighted by Crippen LogP contribution is 2.13. The molecule has 4 heteroatoms. The van der Waals surface area contributed by atoms with Crippen LogP contribution in [-0.2, 0) is 4.79 Å². The molecule has 0 bridgehead atoms. The first-order valence-electron chi connectivity index (χ1n) is 2.90. The Morgan fingerprint density at radius 2 is 2.33 bits per heavy atom. The lowest BCUT2D eigenvalue weighted by atomic mass is 10.2. The van der Waals surface area contributed by atoms with Crippen LogP contribution in [0.25, 0.3) is 0 Å². The summed E-state index contributed by atoms with van der Waals surface area (Å²) in [7, 11) is 0. The van der Waals surface area contributed by atoms with Gasteiger partial charge in [0.05, 0.1) is 0 Å². The van der Waals surface area contributed by atoms with Crippen LogP contribution in [0.5, 0.6) is 0 Å². The molecule has 0 saturated carbocycles. The average Bonchev–Trinajstić information content (AvgIpc) is 2.13. The number of carbonyl (C=O) groups is 1. The summed E-state index contributed by atoms with van der Waals surface area (Å²) in [5.41, 5.74) is 0. The Morgan fingerprint density at radius 3 is 2.56 bits per heavy atom. The molecule has 9 heavy (non-hydrogen) atoms.